The van der Waals surface area contributed by atoms with Crippen molar-refractivity contribution in [2.75, 3.05) is 12.3 Å². The van der Waals surface area contributed by atoms with Crippen LogP contribution in [0.5, 0.6) is 0 Å². The van der Waals surface area contributed by atoms with Crippen molar-refractivity contribution in [2.45, 2.75) is 19.3 Å². The number of fused-ring (bicyclic) bond motifs is 2. The molecule has 0 saturated heterocycles. The van der Waals surface area contributed by atoms with Crippen LogP contribution in [-0.2, 0) is 19.5 Å². The fraction of sp³-hybridized carbons (Fsp3) is 0.200. The van der Waals surface area contributed by atoms with E-state index < -0.39 is 10.2 Å². The summed E-state index contributed by atoms with van der Waals surface area (Å²) >= 11 is 0. The van der Waals surface area contributed by atoms with Gasteiger partial charge in [-0.1, -0.05) is 146 Å². The molecule has 43 heavy (non-hydrogen) atoms. The first-order valence-electron chi connectivity index (χ1n) is 14.1. The van der Waals surface area contributed by atoms with Crippen LogP contribution in [-0.4, -0.2) is 12.3 Å². The zero-order chi connectivity index (χ0) is 29.6. The molecule has 4 nitrogen and oxygen atoms in total. The van der Waals surface area contributed by atoms with Crippen LogP contribution in [0.25, 0.3) is 0 Å². The van der Waals surface area contributed by atoms with E-state index in [4.69, 9.17) is 18.6 Å². The van der Waals surface area contributed by atoms with Crippen molar-refractivity contribution in [1.29, 1.82) is 0 Å². The first-order valence-corrected chi connectivity index (χ1v) is 18.4. The van der Waals surface area contributed by atoms with Gasteiger partial charge in [0.25, 0.3) is 0 Å². The van der Waals surface area contributed by atoms with Crippen LogP contribution in [0.3, 0.4) is 0 Å². The van der Waals surface area contributed by atoms with Crippen LogP contribution in [0.1, 0.15) is 19.3 Å². The van der Waals surface area contributed by atoms with Crippen LogP contribution >= 0.6 is 15.8 Å². The Kier molecular flexibility index (Phi) is 15.4. The van der Waals surface area contributed by atoms with Crippen molar-refractivity contribution >= 4 is 37.1 Å². The Balaban J connectivity index is 0.000000322. The monoisotopic (exact) mass is 720 g/mol. The van der Waals surface area contributed by atoms with Gasteiger partial charge in [-0.2, -0.15) is 0 Å². The number of benzene rings is 4. The topological polar surface area (TPSA) is 92.2 Å². The molecule has 2 aliphatic carbocycles. The predicted molar refractivity (Wildman–Crippen MR) is 167 cm³/mol. The maximum Gasteiger partial charge on any atom is 0 e. The van der Waals surface area contributed by atoms with Crippen LogP contribution in [0.15, 0.2) is 146 Å². The van der Waals surface area contributed by atoms with Crippen LogP contribution in [0.4, 0.5) is 0 Å². The van der Waals surface area contributed by atoms with Crippen molar-refractivity contribution in [3.8, 4) is 0 Å². The van der Waals surface area contributed by atoms with E-state index in [0.29, 0.717) is 0 Å². The number of unbranched alkanes of at least 4 members (excludes halogenated alkanes) is 1. The molecule has 0 heterocycles. The van der Waals surface area contributed by atoms with Crippen LogP contribution in [0, 0.1) is 22.1 Å². The van der Waals surface area contributed by atoms with Gasteiger partial charge in [0.1, 0.15) is 0 Å². The van der Waals surface area contributed by atoms with Crippen molar-refractivity contribution < 1.29 is 48.4 Å². The third-order valence-corrected chi connectivity index (χ3v) is 12.3. The van der Waals surface area contributed by atoms with Gasteiger partial charge in [-0.05, 0) is 80.5 Å². The SMILES string of the molecule is C1=CC2C=CC1C2.[O-][Cl+3]([O-])([O-])[O-].[Rh].c1ccc(P(CCCCP(c2ccccc2)c2ccccc2)c2ccccc2)cc1. The quantitative estimate of drug-likeness (QED) is 0.115. The molecule has 4 aromatic carbocycles. The predicted octanol–water partition coefficient (Wildman–Crippen LogP) is 3.02. The van der Waals surface area contributed by atoms with Gasteiger partial charge in [0.15, 0.2) is 0 Å². The summed E-state index contributed by atoms with van der Waals surface area (Å²) in [4.78, 5) is 0. The molecule has 2 bridgehead atoms. The molecule has 0 atom stereocenters. The molecule has 0 aliphatic heterocycles. The zero-order valence-corrected chi connectivity index (χ0v) is 28.0. The average molecular weight is 721 g/mol. The molecule has 0 saturated carbocycles. The molecule has 0 N–H and O–H groups in total. The molecule has 0 unspecified atom stereocenters. The third-order valence-electron chi connectivity index (χ3n) is 7.04. The van der Waals surface area contributed by atoms with Gasteiger partial charge in [-0.25, -0.2) is 18.6 Å². The molecule has 6 rings (SSSR count). The largest absolute Gasteiger partial charge is 0.222 e. The number of hydrogen-bond donors (Lipinski definition) is 0. The van der Waals surface area contributed by atoms with E-state index in [9.17, 15) is 0 Å². The zero-order valence-electron chi connectivity index (χ0n) is 23.8. The average Bonchev–Trinajstić information content (AvgIpc) is 3.67. The molecule has 0 aromatic heterocycles. The molecule has 4 aromatic rings. The summed E-state index contributed by atoms with van der Waals surface area (Å²) in [5.41, 5.74) is 0. The Hall–Kier alpha value is -2.03. The molecule has 8 heteroatoms. The second-order valence-corrected chi connectivity index (χ2v) is 15.5. The molecule has 1 radical (unpaired) electrons. The Labute approximate surface area is 273 Å². The Morgan fingerprint density at radius 2 is 0.698 bits per heavy atom. The summed E-state index contributed by atoms with van der Waals surface area (Å²) in [6.07, 6.45) is 15.6. The minimum absolute atomic E-state index is 0. The summed E-state index contributed by atoms with van der Waals surface area (Å²) in [7, 11) is -5.51. The molecular weight excluding hydrogens is 685 g/mol. The standard InChI is InChI=1S/C28H28P2.C7H8.ClHO4.Rh/c1-5-15-25(16-6-1)29(26-17-7-2-8-18-26)23-13-14-24-30(27-19-9-3-10-20-27)28-21-11-4-12-22-28;1-2-7-4-3-6(1)5-7;2-1(3,4)5;/h1-12,15-22H,13-14,23-24H2;1-4,6-7H,5H2;(H,2,3,4,5);/p-1. The summed E-state index contributed by atoms with van der Waals surface area (Å²) < 4.78 is 34.0. The molecule has 0 spiro atoms. The van der Waals surface area contributed by atoms with Gasteiger partial charge in [-0.15, -0.1) is 10.2 Å². The van der Waals surface area contributed by atoms with E-state index in [1.54, 1.807) is 0 Å². The van der Waals surface area contributed by atoms with E-state index in [-0.39, 0.29) is 35.3 Å². The normalized spacial score (nSPS) is 16.2. The van der Waals surface area contributed by atoms with E-state index in [1.165, 1.54) is 52.8 Å². The van der Waals surface area contributed by atoms with E-state index in [0.717, 1.165) is 11.8 Å². The Morgan fingerprint density at radius 1 is 0.465 bits per heavy atom. The third kappa shape index (κ3) is 12.9. The maximum atomic E-state index is 8.49. The number of hydrogen-bond acceptors (Lipinski definition) is 4. The number of rotatable bonds is 9. The van der Waals surface area contributed by atoms with Gasteiger partial charge in [0.2, 0.25) is 0 Å². The smallest absolute Gasteiger partial charge is 0 e. The van der Waals surface area contributed by atoms with Crippen molar-refractivity contribution in [2.24, 2.45) is 11.8 Å². The first kappa shape index (κ1) is 35.5. The van der Waals surface area contributed by atoms with Crippen molar-refractivity contribution in [3.05, 3.63) is 146 Å². The van der Waals surface area contributed by atoms with Crippen molar-refractivity contribution in [3.63, 3.8) is 0 Å². The number of allylic oxidation sites excluding steroid dienone is 4. The van der Waals surface area contributed by atoms with Gasteiger partial charge < -0.3 is 0 Å². The first-order chi connectivity index (χ1) is 20.4. The molecule has 0 amide bonds. The molecule has 2 aliphatic rings. The van der Waals surface area contributed by atoms with Gasteiger partial charge in [0.05, 0.1) is 0 Å². The second kappa shape index (κ2) is 18.7. The molecular formula is C35H36ClO4P2Rh-. The fourth-order valence-electron chi connectivity index (χ4n) is 5.11. The van der Waals surface area contributed by atoms with E-state index in [1.807, 2.05) is 0 Å². The maximum absolute atomic E-state index is 8.49. The molecule has 227 valence electrons. The van der Waals surface area contributed by atoms with E-state index in [2.05, 4.69) is 146 Å². The molecule has 0 fully saturated rings. The fourth-order valence-corrected chi connectivity index (χ4v) is 9.95. The van der Waals surface area contributed by atoms with Crippen LogP contribution in [0.2, 0.25) is 0 Å². The Morgan fingerprint density at radius 3 is 0.884 bits per heavy atom. The summed E-state index contributed by atoms with van der Waals surface area (Å²) in [5.74, 6) is 1.62. The minimum atomic E-state index is -4.94. The van der Waals surface area contributed by atoms with Gasteiger partial charge in [0, 0.05) is 19.5 Å². The second-order valence-electron chi connectivity index (χ2n) is 10.1. The van der Waals surface area contributed by atoms with Crippen LogP contribution < -0.4 is 39.9 Å². The Bertz CT molecular complexity index is 1170. The summed E-state index contributed by atoms with van der Waals surface area (Å²) in [6.45, 7) is 0. The van der Waals surface area contributed by atoms with Gasteiger partial charge >= 0.3 is 0 Å². The van der Waals surface area contributed by atoms with Gasteiger partial charge in [-0.3, -0.25) is 0 Å². The minimum Gasteiger partial charge on any atom is -0.222 e. The summed E-state index contributed by atoms with van der Waals surface area (Å²) in [6, 6.07) is 44.3. The summed E-state index contributed by atoms with van der Waals surface area (Å²) in [5, 5.41) is 5.97. The number of halogens is 1. The van der Waals surface area contributed by atoms with E-state index >= 15 is 0 Å². The van der Waals surface area contributed by atoms with Crippen molar-refractivity contribution in [1.82, 2.24) is 0 Å².